The maximum Gasteiger partial charge on any atom is 0.225 e. The molecule has 0 saturated carbocycles. The molecule has 30 heavy (non-hydrogen) atoms. The van der Waals surface area contributed by atoms with Crippen molar-refractivity contribution in [3.8, 4) is 0 Å². The molecule has 0 spiro atoms. The van der Waals surface area contributed by atoms with Crippen molar-refractivity contribution in [3.05, 3.63) is 57.3 Å². The van der Waals surface area contributed by atoms with Crippen LogP contribution >= 0.6 is 11.3 Å². The van der Waals surface area contributed by atoms with Gasteiger partial charge in [-0.25, -0.2) is 0 Å². The second-order valence-electron chi connectivity index (χ2n) is 8.95. The molecule has 1 atom stereocenters. The van der Waals surface area contributed by atoms with Gasteiger partial charge in [0.15, 0.2) is 0 Å². The zero-order valence-electron chi connectivity index (χ0n) is 18.0. The third-order valence-corrected chi connectivity index (χ3v) is 7.43. The van der Waals surface area contributed by atoms with Crippen LogP contribution in [0.5, 0.6) is 0 Å². The molecule has 4 nitrogen and oxygen atoms in total. The number of hydrogen-bond acceptors (Lipinski definition) is 3. The summed E-state index contributed by atoms with van der Waals surface area (Å²) in [6.07, 6.45) is 6.31. The lowest BCUT2D eigenvalue weighted by Gasteiger charge is -2.33. The van der Waals surface area contributed by atoms with Crippen molar-refractivity contribution in [3.63, 3.8) is 0 Å². The van der Waals surface area contributed by atoms with E-state index in [0.29, 0.717) is 13.1 Å². The Kier molecular flexibility index (Phi) is 6.57. The van der Waals surface area contributed by atoms with Crippen LogP contribution in [0, 0.1) is 11.8 Å². The van der Waals surface area contributed by atoms with Crippen LogP contribution in [0.2, 0.25) is 0 Å². The molecule has 2 amide bonds. The van der Waals surface area contributed by atoms with Crippen LogP contribution in [0.3, 0.4) is 0 Å². The van der Waals surface area contributed by atoms with Crippen molar-refractivity contribution in [1.29, 1.82) is 0 Å². The van der Waals surface area contributed by atoms with Gasteiger partial charge in [0.05, 0.1) is 6.04 Å². The topological polar surface area (TPSA) is 49.4 Å². The van der Waals surface area contributed by atoms with Gasteiger partial charge in [0, 0.05) is 29.8 Å². The first-order valence-electron chi connectivity index (χ1n) is 11.3. The molecule has 1 N–H and O–H groups in total. The quantitative estimate of drug-likeness (QED) is 0.755. The van der Waals surface area contributed by atoms with Gasteiger partial charge in [-0.05, 0) is 66.7 Å². The predicted octanol–water partition coefficient (Wildman–Crippen LogP) is 4.73. The van der Waals surface area contributed by atoms with E-state index in [1.54, 1.807) is 11.3 Å². The van der Waals surface area contributed by atoms with Crippen LogP contribution in [0.25, 0.3) is 0 Å². The Morgan fingerprint density at radius 2 is 1.80 bits per heavy atom. The molecular formula is C25H32N2O2S. The molecule has 1 fully saturated rings. The number of thiophene rings is 1. The predicted molar refractivity (Wildman–Crippen MR) is 122 cm³/mol. The van der Waals surface area contributed by atoms with Gasteiger partial charge in [-0.3, -0.25) is 9.59 Å². The Morgan fingerprint density at radius 1 is 1.07 bits per heavy atom. The third-order valence-electron chi connectivity index (χ3n) is 6.49. The average Bonchev–Trinajstić information content (AvgIpc) is 3.31. The maximum absolute atomic E-state index is 13.2. The molecule has 1 aromatic heterocycles. The zero-order chi connectivity index (χ0) is 21.1. The molecule has 2 heterocycles. The Morgan fingerprint density at radius 3 is 2.47 bits per heavy atom. The number of rotatable bonds is 5. The summed E-state index contributed by atoms with van der Waals surface area (Å²) in [4.78, 5) is 28.5. The summed E-state index contributed by atoms with van der Waals surface area (Å²) in [6, 6.07) is 10.8. The van der Waals surface area contributed by atoms with Crippen molar-refractivity contribution >= 4 is 23.2 Å². The molecule has 0 bridgehead atoms. The van der Waals surface area contributed by atoms with Gasteiger partial charge >= 0.3 is 0 Å². The number of hydrogen-bond donors (Lipinski definition) is 1. The number of piperidine rings is 1. The molecule has 1 aromatic carbocycles. The molecule has 1 aliphatic heterocycles. The number of likely N-dealkylation sites (tertiary alicyclic amines) is 1. The molecule has 2 aliphatic rings. The highest BCUT2D eigenvalue weighted by molar-refractivity contribution is 7.10. The van der Waals surface area contributed by atoms with Gasteiger partial charge in [-0.2, -0.15) is 0 Å². The number of aryl methyl sites for hydroxylation is 2. The smallest absolute Gasteiger partial charge is 0.225 e. The van der Waals surface area contributed by atoms with E-state index in [1.165, 1.54) is 40.8 Å². The Balaban J connectivity index is 1.47. The fourth-order valence-electron chi connectivity index (χ4n) is 4.69. The van der Waals surface area contributed by atoms with Gasteiger partial charge in [-0.15, -0.1) is 11.3 Å². The number of nitrogens with one attached hydrogen (secondary N) is 1. The SMILES string of the molecule is CC(C)C(=O)N1CCC(C(=O)N[C@H](c2ccc3c(c2)CCCC3)c2cccs2)CC1. The highest BCUT2D eigenvalue weighted by Crippen LogP contribution is 2.31. The normalized spacial score (nSPS) is 18.2. The van der Waals surface area contributed by atoms with E-state index < -0.39 is 0 Å². The molecule has 160 valence electrons. The number of nitrogens with zero attached hydrogens (tertiary/aromatic N) is 1. The number of amides is 2. The van der Waals surface area contributed by atoms with Crippen LogP contribution < -0.4 is 5.32 Å². The summed E-state index contributed by atoms with van der Waals surface area (Å²) in [7, 11) is 0. The minimum atomic E-state index is -0.0972. The van der Waals surface area contributed by atoms with Crippen molar-refractivity contribution in [2.24, 2.45) is 11.8 Å². The van der Waals surface area contributed by atoms with E-state index in [-0.39, 0.29) is 29.7 Å². The van der Waals surface area contributed by atoms with Gasteiger partial charge in [0.2, 0.25) is 11.8 Å². The number of carbonyl (C=O) groups excluding carboxylic acids is 2. The number of fused-ring (bicyclic) bond motifs is 1. The summed E-state index contributed by atoms with van der Waals surface area (Å²) in [5.41, 5.74) is 4.08. The molecule has 1 saturated heterocycles. The van der Waals surface area contributed by atoms with Crippen molar-refractivity contribution in [2.45, 2.75) is 58.4 Å². The molecule has 2 aromatic rings. The summed E-state index contributed by atoms with van der Waals surface area (Å²) in [6.45, 7) is 5.23. The second kappa shape index (κ2) is 9.34. The van der Waals surface area contributed by atoms with Crippen LogP contribution in [0.4, 0.5) is 0 Å². The van der Waals surface area contributed by atoms with Gasteiger partial charge in [0.1, 0.15) is 0 Å². The largest absolute Gasteiger partial charge is 0.344 e. The summed E-state index contributed by atoms with van der Waals surface area (Å²) in [5, 5.41) is 5.42. The third kappa shape index (κ3) is 4.61. The van der Waals surface area contributed by atoms with Crippen molar-refractivity contribution in [1.82, 2.24) is 10.2 Å². The Hall–Kier alpha value is -2.14. The standard InChI is InChI=1S/C25H32N2O2S/c1-17(2)25(29)27-13-11-19(12-14-27)24(28)26-23(22-8-5-15-30-22)21-10-9-18-6-3-4-7-20(18)16-21/h5,8-10,15-17,19,23H,3-4,6-7,11-14H2,1-2H3,(H,26,28)/t23-/m1/s1. The van der Waals surface area contributed by atoms with Crippen molar-refractivity contribution in [2.75, 3.05) is 13.1 Å². The zero-order valence-corrected chi connectivity index (χ0v) is 18.8. The summed E-state index contributed by atoms with van der Waals surface area (Å²) < 4.78 is 0. The van der Waals surface area contributed by atoms with Crippen LogP contribution in [0.1, 0.15) is 67.1 Å². The van der Waals surface area contributed by atoms with Gasteiger partial charge < -0.3 is 10.2 Å². The summed E-state index contributed by atoms with van der Waals surface area (Å²) >= 11 is 1.69. The van der Waals surface area contributed by atoms with E-state index in [0.717, 1.165) is 19.3 Å². The maximum atomic E-state index is 13.2. The lowest BCUT2D eigenvalue weighted by atomic mass is 9.88. The van der Waals surface area contributed by atoms with Crippen LogP contribution in [-0.4, -0.2) is 29.8 Å². The van der Waals surface area contributed by atoms with Crippen LogP contribution in [0.15, 0.2) is 35.7 Å². The molecular weight excluding hydrogens is 392 g/mol. The molecule has 0 unspecified atom stereocenters. The highest BCUT2D eigenvalue weighted by Gasteiger charge is 2.30. The molecule has 5 heteroatoms. The molecule has 4 rings (SSSR count). The number of carbonyl (C=O) groups is 2. The van der Waals surface area contributed by atoms with E-state index >= 15 is 0 Å². The molecule has 0 radical (unpaired) electrons. The minimum absolute atomic E-state index is 0.0163. The average molecular weight is 425 g/mol. The monoisotopic (exact) mass is 424 g/mol. The van der Waals surface area contributed by atoms with Gasteiger partial charge in [-0.1, -0.05) is 38.1 Å². The highest BCUT2D eigenvalue weighted by atomic mass is 32.1. The Labute approximate surface area is 183 Å². The second-order valence-corrected chi connectivity index (χ2v) is 9.93. The fourth-order valence-corrected chi connectivity index (χ4v) is 5.50. The van der Waals surface area contributed by atoms with Gasteiger partial charge in [0.25, 0.3) is 0 Å². The lowest BCUT2D eigenvalue weighted by Crippen LogP contribution is -2.45. The first kappa shape index (κ1) is 21.1. The summed E-state index contributed by atoms with van der Waals surface area (Å²) in [5.74, 6) is 0.297. The fraction of sp³-hybridized carbons (Fsp3) is 0.520. The first-order valence-corrected chi connectivity index (χ1v) is 12.1. The van der Waals surface area contributed by atoms with Crippen LogP contribution in [-0.2, 0) is 22.4 Å². The minimum Gasteiger partial charge on any atom is -0.344 e. The van der Waals surface area contributed by atoms with Crippen molar-refractivity contribution < 1.29 is 9.59 Å². The molecule has 1 aliphatic carbocycles. The van der Waals surface area contributed by atoms with E-state index in [1.807, 2.05) is 24.8 Å². The van der Waals surface area contributed by atoms with E-state index in [4.69, 9.17) is 0 Å². The first-order chi connectivity index (χ1) is 14.5. The van der Waals surface area contributed by atoms with E-state index in [9.17, 15) is 9.59 Å². The lowest BCUT2D eigenvalue weighted by molar-refractivity contribution is -0.138. The van der Waals surface area contributed by atoms with E-state index in [2.05, 4.69) is 35.0 Å². The number of benzene rings is 1. The Bertz CT molecular complexity index is 883.